The molecule has 0 aromatic heterocycles. The minimum Gasteiger partial charge on any atom is -0.406 e. The van der Waals surface area contributed by atoms with Gasteiger partial charge in [-0.15, -0.1) is 13.2 Å². The maximum absolute atomic E-state index is 12.6. The molecule has 1 atom stereocenters. The predicted molar refractivity (Wildman–Crippen MR) is 104 cm³/mol. The van der Waals surface area contributed by atoms with Crippen LogP contribution in [0.5, 0.6) is 5.75 Å². The fourth-order valence-electron chi connectivity index (χ4n) is 2.87. The Hall–Kier alpha value is -2.75. The molecule has 1 amide bonds. The van der Waals surface area contributed by atoms with Gasteiger partial charge in [0, 0.05) is 5.69 Å². The number of ether oxygens (including phenoxy) is 1. The summed E-state index contributed by atoms with van der Waals surface area (Å²) >= 11 is 0. The van der Waals surface area contributed by atoms with E-state index in [1.54, 1.807) is 12.1 Å². The minimum absolute atomic E-state index is 0.199. The molecule has 0 heterocycles. The zero-order chi connectivity index (χ0) is 22.0. The van der Waals surface area contributed by atoms with Crippen LogP contribution in [0.2, 0.25) is 0 Å². The number of rotatable bonds is 6. The highest BCUT2D eigenvalue weighted by atomic mass is 32.2. The van der Waals surface area contributed by atoms with Crippen LogP contribution in [0.1, 0.15) is 18.1 Å². The summed E-state index contributed by atoms with van der Waals surface area (Å²) in [6.07, 6.45) is -3.82. The molecule has 0 saturated carbocycles. The molecular weight excluding hydrogens is 409 g/mol. The molecule has 0 fully saturated rings. The van der Waals surface area contributed by atoms with Gasteiger partial charge in [-0.25, -0.2) is 8.42 Å². The number of aryl methyl sites for hydroxylation is 2. The summed E-state index contributed by atoms with van der Waals surface area (Å²) in [6, 6.07) is 8.64. The molecule has 2 rings (SSSR count). The van der Waals surface area contributed by atoms with Crippen molar-refractivity contribution in [2.75, 3.05) is 15.9 Å². The van der Waals surface area contributed by atoms with Gasteiger partial charge in [-0.2, -0.15) is 0 Å². The first kappa shape index (κ1) is 22.5. The first-order valence-electron chi connectivity index (χ1n) is 8.50. The summed E-state index contributed by atoms with van der Waals surface area (Å²) in [6.45, 7) is 5.05. The van der Waals surface area contributed by atoms with Crippen LogP contribution in [0.25, 0.3) is 0 Å². The molecule has 0 spiro atoms. The standard InChI is InChI=1S/C19H21F3N2O4S/c1-12-9-13(2)11-16(10-12)24(29(4,26)27)14(3)18(25)23-15-5-7-17(8-6-15)28-19(20,21)22/h5-11,14H,1-4H3,(H,23,25). The zero-order valence-electron chi connectivity index (χ0n) is 16.2. The van der Waals surface area contributed by atoms with Crippen LogP contribution >= 0.6 is 0 Å². The number of carbonyl (C=O) groups is 1. The Kier molecular flexibility index (Phi) is 6.46. The molecule has 0 aliphatic carbocycles. The van der Waals surface area contributed by atoms with E-state index in [0.29, 0.717) is 5.69 Å². The molecule has 0 aliphatic heterocycles. The Balaban J connectivity index is 2.23. The van der Waals surface area contributed by atoms with Gasteiger partial charge in [0.25, 0.3) is 0 Å². The maximum Gasteiger partial charge on any atom is 0.573 e. The summed E-state index contributed by atoms with van der Waals surface area (Å²) in [5.41, 5.74) is 2.22. The molecule has 2 aromatic carbocycles. The largest absolute Gasteiger partial charge is 0.573 e. The van der Waals surface area contributed by atoms with E-state index in [4.69, 9.17) is 0 Å². The van der Waals surface area contributed by atoms with E-state index in [1.807, 2.05) is 19.9 Å². The van der Waals surface area contributed by atoms with Crippen LogP contribution in [0.15, 0.2) is 42.5 Å². The van der Waals surface area contributed by atoms with E-state index >= 15 is 0 Å². The third kappa shape index (κ3) is 6.38. The van der Waals surface area contributed by atoms with Gasteiger partial charge in [-0.1, -0.05) is 6.07 Å². The van der Waals surface area contributed by atoms with Crippen molar-refractivity contribution in [3.63, 3.8) is 0 Å². The molecule has 6 nitrogen and oxygen atoms in total. The van der Waals surface area contributed by atoms with E-state index in [-0.39, 0.29) is 5.69 Å². The van der Waals surface area contributed by atoms with Crippen molar-refractivity contribution in [1.29, 1.82) is 0 Å². The lowest BCUT2D eigenvalue weighted by atomic mass is 10.1. The zero-order valence-corrected chi connectivity index (χ0v) is 17.1. The quantitative estimate of drug-likeness (QED) is 0.752. The number of alkyl halides is 3. The van der Waals surface area contributed by atoms with E-state index in [9.17, 15) is 26.4 Å². The number of carbonyl (C=O) groups excluding carboxylic acids is 1. The van der Waals surface area contributed by atoms with Gasteiger partial charge in [-0.05, 0) is 68.3 Å². The van der Waals surface area contributed by atoms with E-state index in [2.05, 4.69) is 10.1 Å². The molecule has 0 saturated heterocycles. The lowest BCUT2D eigenvalue weighted by Crippen LogP contribution is -2.45. The Labute approximate surface area is 167 Å². The van der Waals surface area contributed by atoms with Crippen molar-refractivity contribution in [2.24, 2.45) is 0 Å². The Morgan fingerprint density at radius 3 is 2.03 bits per heavy atom. The predicted octanol–water partition coefficient (Wildman–Crippen LogP) is 4.00. The number of anilines is 2. The van der Waals surface area contributed by atoms with Gasteiger partial charge in [-0.3, -0.25) is 9.10 Å². The van der Waals surface area contributed by atoms with Gasteiger partial charge in [0.05, 0.1) is 11.9 Å². The molecule has 158 valence electrons. The molecule has 10 heteroatoms. The van der Waals surface area contributed by atoms with Crippen molar-refractivity contribution in [3.8, 4) is 5.75 Å². The molecule has 29 heavy (non-hydrogen) atoms. The normalized spacial score (nSPS) is 12.9. The Morgan fingerprint density at radius 2 is 1.59 bits per heavy atom. The van der Waals surface area contributed by atoms with E-state index < -0.39 is 34.1 Å². The number of nitrogens with one attached hydrogen (secondary N) is 1. The Morgan fingerprint density at radius 1 is 1.07 bits per heavy atom. The fourth-order valence-corrected chi connectivity index (χ4v) is 4.03. The average molecular weight is 430 g/mol. The van der Waals surface area contributed by atoms with Gasteiger partial charge < -0.3 is 10.1 Å². The van der Waals surface area contributed by atoms with Crippen LogP contribution in [-0.2, 0) is 14.8 Å². The number of sulfonamides is 1. The number of hydrogen-bond donors (Lipinski definition) is 1. The number of halogens is 3. The number of hydrogen-bond acceptors (Lipinski definition) is 4. The number of benzene rings is 2. The smallest absolute Gasteiger partial charge is 0.406 e. The molecule has 1 unspecified atom stereocenters. The summed E-state index contributed by atoms with van der Waals surface area (Å²) in [7, 11) is -3.79. The maximum atomic E-state index is 12.6. The Bertz CT molecular complexity index is 969. The van der Waals surface area contributed by atoms with Crippen LogP contribution in [0.4, 0.5) is 24.5 Å². The lowest BCUT2D eigenvalue weighted by molar-refractivity contribution is -0.274. The monoisotopic (exact) mass is 430 g/mol. The van der Waals surface area contributed by atoms with Crippen molar-refractivity contribution in [3.05, 3.63) is 53.6 Å². The minimum atomic E-state index is -4.82. The lowest BCUT2D eigenvalue weighted by Gasteiger charge is -2.28. The summed E-state index contributed by atoms with van der Waals surface area (Å²) < 4.78 is 66.1. The number of amides is 1. The van der Waals surface area contributed by atoms with Crippen LogP contribution in [0, 0.1) is 13.8 Å². The molecule has 0 radical (unpaired) electrons. The van der Waals surface area contributed by atoms with Gasteiger partial charge in [0.15, 0.2) is 0 Å². The first-order chi connectivity index (χ1) is 13.3. The van der Waals surface area contributed by atoms with Crippen LogP contribution in [-0.4, -0.2) is 33.0 Å². The molecule has 2 aromatic rings. The molecule has 1 N–H and O–H groups in total. The van der Waals surface area contributed by atoms with Crippen molar-refractivity contribution >= 4 is 27.3 Å². The van der Waals surface area contributed by atoms with Crippen molar-refractivity contribution < 1.29 is 31.1 Å². The molecule has 0 bridgehead atoms. The van der Waals surface area contributed by atoms with E-state index in [1.165, 1.54) is 19.1 Å². The topological polar surface area (TPSA) is 75.7 Å². The SMILES string of the molecule is Cc1cc(C)cc(N(C(C)C(=O)Nc2ccc(OC(F)(F)F)cc2)S(C)(=O)=O)c1. The molecule has 0 aliphatic rings. The average Bonchev–Trinajstić information content (AvgIpc) is 2.53. The number of nitrogens with zero attached hydrogens (tertiary/aromatic N) is 1. The first-order valence-corrected chi connectivity index (χ1v) is 10.4. The highest BCUT2D eigenvalue weighted by Gasteiger charge is 2.31. The second-order valence-corrected chi connectivity index (χ2v) is 8.50. The molecular formula is C19H21F3N2O4S. The summed E-state index contributed by atoms with van der Waals surface area (Å²) in [5, 5.41) is 2.50. The van der Waals surface area contributed by atoms with Crippen molar-refractivity contribution in [1.82, 2.24) is 0 Å². The van der Waals surface area contributed by atoms with E-state index in [0.717, 1.165) is 33.8 Å². The van der Waals surface area contributed by atoms with Crippen LogP contribution < -0.4 is 14.4 Å². The van der Waals surface area contributed by atoms with Crippen molar-refractivity contribution in [2.45, 2.75) is 33.2 Å². The van der Waals surface area contributed by atoms with Gasteiger partial charge >= 0.3 is 6.36 Å². The van der Waals surface area contributed by atoms with Crippen LogP contribution in [0.3, 0.4) is 0 Å². The van der Waals surface area contributed by atoms with Gasteiger partial charge in [0.1, 0.15) is 11.8 Å². The summed E-state index contributed by atoms with van der Waals surface area (Å²) in [5.74, 6) is -1.07. The summed E-state index contributed by atoms with van der Waals surface area (Å²) in [4.78, 5) is 12.6. The van der Waals surface area contributed by atoms with Gasteiger partial charge in [0.2, 0.25) is 15.9 Å². The second kappa shape index (κ2) is 8.32. The highest BCUT2D eigenvalue weighted by Crippen LogP contribution is 2.26. The third-order valence-electron chi connectivity index (χ3n) is 3.90. The fraction of sp³-hybridized carbons (Fsp3) is 0.316. The second-order valence-electron chi connectivity index (χ2n) is 6.64. The highest BCUT2D eigenvalue weighted by molar-refractivity contribution is 7.92. The third-order valence-corrected chi connectivity index (χ3v) is 5.15.